The number of para-hydroxylation sites is 1. The Balaban J connectivity index is 1.29. The molecule has 0 radical (unpaired) electrons. The van der Waals surface area contributed by atoms with Crippen LogP contribution in [0, 0.1) is 0 Å². The number of benzene rings is 2. The van der Waals surface area contributed by atoms with Crippen LogP contribution in [0.5, 0.6) is 0 Å². The highest BCUT2D eigenvalue weighted by Gasteiger charge is 2.24. The second kappa shape index (κ2) is 8.69. The van der Waals surface area contributed by atoms with E-state index in [1.165, 1.54) is 21.8 Å². The van der Waals surface area contributed by atoms with Crippen LogP contribution in [0.3, 0.4) is 0 Å². The smallest absolute Gasteiger partial charge is 0.235 e. The molecule has 160 valence electrons. The minimum absolute atomic E-state index is 0.292. The van der Waals surface area contributed by atoms with Crippen LogP contribution >= 0.6 is 11.6 Å². The van der Waals surface area contributed by atoms with Gasteiger partial charge in [-0.1, -0.05) is 35.9 Å². The van der Waals surface area contributed by atoms with Crippen molar-refractivity contribution >= 4 is 34.9 Å². The zero-order valence-electron chi connectivity index (χ0n) is 17.5. The van der Waals surface area contributed by atoms with Crippen molar-refractivity contribution < 1.29 is 4.90 Å². The molecule has 0 unspecified atom stereocenters. The minimum atomic E-state index is 0.292. The number of anilines is 4. The maximum atomic E-state index is 6.16. The van der Waals surface area contributed by atoms with E-state index in [0.29, 0.717) is 11.9 Å². The summed E-state index contributed by atoms with van der Waals surface area (Å²) in [5, 5.41) is 0.778. The maximum absolute atomic E-state index is 6.16. The number of piperazine rings is 1. The molecule has 0 spiro atoms. The lowest BCUT2D eigenvalue weighted by atomic mass is 10.0. The Morgan fingerprint density at radius 1 is 0.968 bits per heavy atom. The number of aryl methyl sites for hydroxylation is 1. The molecular formula is C23H27ClN7+. The van der Waals surface area contributed by atoms with Crippen LogP contribution in [0.2, 0.25) is 5.02 Å². The topological polar surface area (TPSA) is 75.6 Å². The molecule has 5 rings (SSSR count). The molecule has 0 aliphatic carbocycles. The van der Waals surface area contributed by atoms with Crippen LogP contribution < -0.4 is 20.4 Å². The molecule has 0 amide bonds. The standard InChI is InChI=1S/C23H26ClN7/c24-18-7-3-8-19(15-18)30-13-11-29(12-14-30)16-21-26-22(25)28-23(27-21)31-10-4-6-17-5-1-2-9-20(17)31/h1-3,5,7-9,15H,4,6,10-14,16H2,(H2,25,26,27,28)/p+1. The number of aromatic nitrogens is 3. The normalized spacial score (nSPS) is 16.9. The third-order valence-electron chi connectivity index (χ3n) is 6.09. The monoisotopic (exact) mass is 436 g/mol. The summed E-state index contributed by atoms with van der Waals surface area (Å²) in [6, 6.07) is 16.5. The molecule has 3 heterocycles. The summed E-state index contributed by atoms with van der Waals surface area (Å²) in [5.74, 6) is 1.71. The predicted molar refractivity (Wildman–Crippen MR) is 124 cm³/mol. The van der Waals surface area contributed by atoms with Gasteiger partial charge in [0.15, 0.2) is 5.82 Å². The Labute approximate surface area is 187 Å². The average Bonchev–Trinajstić information content (AvgIpc) is 2.79. The number of fused-ring (bicyclic) bond motifs is 1. The largest absolute Gasteiger partial charge is 0.368 e. The highest BCUT2D eigenvalue weighted by molar-refractivity contribution is 6.30. The van der Waals surface area contributed by atoms with Crippen LogP contribution in [0.15, 0.2) is 48.5 Å². The first kappa shape index (κ1) is 20.0. The van der Waals surface area contributed by atoms with Crippen LogP contribution in [0.25, 0.3) is 0 Å². The van der Waals surface area contributed by atoms with E-state index in [4.69, 9.17) is 22.3 Å². The minimum Gasteiger partial charge on any atom is -0.368 e. The van der Waals surface area contributed by atoms with Gasteiger partial charge in [-0.2, -0.15) is 15.0 Å². The number of nitrogens with two attached hydrogens (primary N) is 1. The third kappa shape index (κ3) is 4.43. The van der Waals surface area contributed by atoms with E-state index in [0.717, 1.165) is 63.0 Å². The van der Waals surface area contributed by atoms with Gasteiger partial charge in [-0.15, -0.1) is 0 Å². The highest BCUT2D eigenvalue weighted by atomic mass is 35.5. The van der Waals surface area contributed by atoms with E-state index in [9.17, 15) is 0 Å². The Morgan fingerprint density at radius 2 is 1.81 bits per heavy atom. The van der Waals surface area contributed by atoms with E-state index < -0.39 is 0 Å². The Hall–Kier alpha value is -2.90. The SMILES string of the molecule is Nc1nc(C[NH+]2CCN(c3cccc(Cl)c3)CC2)nc(N2CCCc3ccccc32)n1. The summed E-state index contributed by atoms with van der Waals surface area (Å²) in [6.07, 6.45) is 2.16. The molecule has 0 bridgehead atoms. The first-order chi connectivity index (χ1) is 15.2. The lowest BCUT2D eigenvalue weighted by Crippen LogP contribution is -3.13. The predicted octanol–water partition coefficient (Wildman–Crippen LogP) is 2.10. The molecule has 1 saturated heterocycles. The van der Waals surface area contributed by atoms with Crippen molar-refractivity contribution in [3.8, 4) is 0 Å². The molecule has 8 heteroatoms. The first-order valence-corrected chi connectivity index (χ1v) is 11.2. The number of hydrogen-bond acceptors (Lipinski definition) is 6. The van der Waals surface area contributed by atoms with E-state index in [1.807, 2.05) is 18.2 Å². The van der Waals surface area contributed by atoms with E-state index in [2.05, 4.69) is 50.1 Å². The van der Waals surface area contributed by atoms with Crippen molar-refractivity contribution in [3.63, 3.8) is 0 Å². The van der Waals surface area contributed by atoms with Gasteiger partial charge in [0, 0.05) is 22.9 Å². The summed E-state index contributed by atoms with van der Waals surface area (Å²) in [5.41, 5.74) is 9.77. The molecule has 0 atom stereocenters. The van der Waals surface area contributed by atoms with Gasteiger partial charge >= 0.3 is 0 Å². The number of halogens is 1. The number of hydrogen-bond donors (Lipinski definition) is 2. The molecule has 31 heavy (non-hydrogen) atoms. The molecular weight excluding hydrogens is 410 g/mol. The Bertz CT molecular complexity index is 1070. The number of nitrogen functional groups attached to an aromatic ring is 1. The van der Waals surface area contributed by atoms with E-state index in [1.54, 1.807) is 0 Å². The van der Waals surface area contributed by atoms with Crippen molar-refractivity contribution in [2.45, 2.75) is 19.4 Å². The van der Waals surface area contributed by atoms with Gasteiger partial charge in [0.2, 0.25) is 11.9 Å². The van der Waals surface area contributed by atoms with Crippen LogP contribution in [-0.4, -0.2) is 47.7 Å². The number of rotatable bonds is 4. The molecule has 7 nitrogen and oxygen atoms in total. The zero-order chi connectivity index (χ0) is 21.2. The second-order valence-electron chi connectivity index (χ2n) is 8.19. The fourth-order valence-electron chi connectivity index (χ4n) is 4.52. The first-order valence-electron chi connectivity index (χ1n) is 10.9. The van der Waals surface area contributed by atoms with Gasteiger partial charge in [-0.25, -0.2) is 0 Å². The Kier molecular flexibility index (Phi) is 5.61. The van der Waals surface area contributed by atoms with Crippen molar-refractivity contribution in [1.29, 1.82) is 0 Å². The van der Waals surface area contributed by atoms with Crippen molar-refractivity contribution in [2.75, 3.05) is 48.3 Å². The van der Waals surface area contributed by atoms with Crippen LogP contribution in [0.4, 0.5) is 23.3 Å². The Morgan fingerprint density at radius 3 is 2.65 bits per heavy atom. The molecule has 0 saturated carbocycles. The average molecular weight is 437 g/mol. The maximum Gasteiger partial charge on any atom is 0.235 e. The van der Waals surface area contributed by atoms with Gasteiger partial charge in [0.1, 0.15) is 6.54 Å². The number of nitrogens with one attached hydrogen (secondary N) is 1. The lowest BCUT2D eigenvalue weighted by Gasteiger charge is -2.33. The lowest BCUT2D eigenvalue weighted by molar-refractivity contribution is -0.915. The van der Waals surface area contributed by atoms with Crippen molar-refractivity contribution in [3.05, 3.63) is 64.9 Å². The van der Waals surface area contributed by atoms with Gasteiger partial charge < -0.3 is 20.4 Å². The molecule has 1 fully saturated rings. The fraction of sp³-hybridized carbons (Fsp3) is 0.348. The summed E-state index contributed by atoms with van der Waals surface area (Å²) in [6.45, 7) is 5.62. The van der Waals surface area contributed by atoms with Gasteiger partial charge in [0.05, 0.1) is 26.2 Å². The molecule has 3 N–H and O–H groups in total. The summed E-state index contributed by atoms with van der Waals surface area (Å²) < 4.78 is 0. The van der Waals surface area contributed by atoms with Crippen molar-refractivity contribution in [2.24, 2.45) is 0 Å². The van der Waals surface area contributed by atoms with E-state index >= 15 is 0 Å². The van der Waals surface area contributed by atoms with Gasteiger partial charge in [-0.3, -0.25) is 0 Å². The number of quaternary nitrogens is 1. The zero-order valence-corrected chi connectivity index (χ0v) is 18.2. The van der Waals surface area contributed by atoms with Crippen LogP contribution in [-0.2, 0) is 13.0 Å². The van der Waals surface area contributed by atoms with Gasteiger partial charge in [-0.05, 0) is 42.7 Å². The van der Waals surface area contributed by atoms with E-state index in [-0.39, 0.29) is 0 Å². The van der Waals surface area contributed by atoms with Crippen LogP contribution in [0.1, 0.15) is 17.8 Å². The molecule has 3 aromatic rings. The molecule has 2 aromatic carbocycles. The molecule has 2 aliphatic rings. The van der Waals surface area contributed by atoms with Gasteiger partial charge in [0.25, 0.3) is 0 Å². The summed E-state index contributed by atoms with van der Waals surface area (Å²) in [4.78, 5) is 19.7. The third-order valence-corrected chi connectivity index (χ3v) is 6.33. The number of nitrogens with zero attached hydrogens (tertiary/aromatic N) is 5. The highest BCUT2D eigenvalue weighted by Crippen LogP contribution is 2.31. The van der Waals surface area contributed by atoms with Crippen molar-refractivity contribution in [1.82, 2.24) is 15.0 Å². The summed E-state index contributed by atoms with van der Waals surface area (Å²) >= 11 is 6.16. The second-order valence-corrected chi connectivity index (χ2v) is 8.62. The molecule has 1 aromatic heterocycles. The summed E-state index contributed by atoms with van der Waals surface area (Å²) in [7, 11) is 0. The fourth-order valence-corrected chi connectivity index (χ4v) is 4.71. The quantitative estimate of drug-likeness (QED) is 0.652. The molecule has 2 aliphatic heterocycles.